The molecule has 5 nitrogen and oxygen atoms in total. The summed E-state index contributed by atoms with van der Waals surface area (Å²) in [5.41, 5.74) is 11.8. The molecule has 0 radical (unpaired) electrons. The lowest BCUT2D eigenvalue weighted by atomic mass is 10.0. The van der Waals surface area contributed by atoms with Gasteiger partial charge in [-0.15, -0.1) is 0 Å². The maximum absolute atomic E-state index is 10.7. The maximum atomic E-state index is 10.7. The number of unbranched alkanes of at least 4 members (excludes halogenated alkanes) is 1. The van der Waals surface area contributed by atoms with E-state index in [0.29, 0.717) is 17.0 Å². The lowest BCUT2D eigenvalue weighted by Crippen LogP contribution is -2.14. The number of aromatic amines is 1. The Labute approximate surface area is 182 Å². The first-order valence-corrected chi connectivity index (χ1v) is 10.7. The lowest BCUT2D eigenvalue weighted by Gasteiger charge is -2.09. The smallest absolute Gasteiger partial charge is 0.199 e. The van der Waals surface area contributed by atoms with Crippen LogP contribution in [0.2, 0.25) is 0 Å². The molecule has 0 bridgehead atoms. The van der Waals surface area contributed by atoms with Gasteiger partial charge in [0.2, 0.25) is 0 Å². The van der Waals surface area contributed by atoms with Gasteiger partial charge in [-0.05, 0) is 48.9 Å². The van der Waals surface area contributed by atoms with Crippen molar-refractivity contribution >= 4 is 28.0 Å². The van der Waals surface area contributed by atoms with Crippen LogP contribution >= 0.6 is 0 Å². The van der Waals surface area contributed by atoms with E-state index in [4.69, 9.17) is 10.7 Å². The number of benzene rings is 3. The van der Waals surface area contributed by atoms with Gasteiger partial charge >= 0.3 is 0 Å². The van der Waals surface area contributed by atoms with Crippen LogP contribution in [0, 0.1) is 0 Å². The van der Waals surface area contributed by atoms with Crippen molar-refractivity contribution in [1.29, 1.82) is 0 Å². The van der Waals surface area contributed by atoms with Crippen molar-refractivity contribution in [2.45, 2.75) is 26.3 Å². The number of rotatable bonds is 8. The summed E-state index contributed by atoms with van der Waals surface area (Å²) in [5.74, 6) is 0.0833. The molecule has 4 rings (SSSR count). The van der Waals surface area contributed by atoms with Gasteiger partial charge in [-0.3, -0.25) is 0 Å². The van der Waals surface area contributed by atoms with E-state index in [-0.39, 0.29) is 5.88 Å². The molecule has 158 valence electrons. The molecule has 0 spiro atoms. The van der Waals surface area contributed by atoms with Crippen LogP contribution in [0.5, 0.6) is 5.88 Å². The molecule has 5 heteroatoms. The Morgan fingerprint density at radius 3 is 2.55 bits per heavy atom. The minimum absolute atomic E-state index is 0.0833. The number of hydrogen-bond donors (Lipinski definition) is 4. The second-order valence-corrected chi connectivity index (χ2v) is 7.68. The molecule has 3 aromatic carbocycles. The van der Waals surface area contributed by atoms with Crippen molar-refractivity contribution in [3.05, 3.63) is 89.5 Å². The van der Waals surface area contributed by atoms with Crippen LogP contribution < -0.4 is 11.1 Å². The van der Waals surface area contributed by atoms with Gasteiger partial charge < -0.3 is 21.1 Å². The molecular weight excluding hydrogens is 384 g/mol. The van der Waals surface area contributed by atoms with Gasteiger partial charge in [0.05, 0.1) is 17.0 Å². The van der Waals surface area contributed by atoms with E-state index in [1.54, 1.807) is 0 Å². The highest BCUT2D eigenvalue weighted by Crippen LogP contribution is 2.32. The average molecular weight is 413 g/mol. The Bertz CT molecular complexity index is 1180. The number of nitrogens with zero attached hydrogens (tertiary/aromatic N) is 1. The second-order valence-electron chi connectivity index (χ2n) is 7.68. The molecule has 4 aromatic rings. The van der Waals surface area contributed by atoms with Crippen LogP contribution in [0.4, 0.5) is 11.4 Å². The van der Waals surface area contributed by atoms with Crippen molar-refractivity contribution in [3.63, 3.8) is 0 Å². The summed E-state index contributed by atoms with van der Waals surface area (Å²) in [6, 6.07) is 23.7. The predicted octanol–water partition coefficient (Wildman–Crippen LogP) is 5.51. The second kappa shape index (κ2) is 9.49. The molecule has 0 aliphatic rings. The number of nitrogens with one attached hydrogen (secondary N) is 2. The first-order valence-electron chi connectivity index (χ1n) is 10.7. The Morgan fingerprint density at radius 1 is 1.03 bits per heavy atom. The monoisotopic (exact) mass is 412 g/mol. The number of H-pyrrole nitrogens is 1. The number of anilines is 1. The lowest BCUT2D eigenvalue weighted by molar-refractivity contribution is 0.457. The van der Waals surface area contributed by atoms with Crippen LogP contribution in [0.25, 0.3) is 10.9 Å². The number of hydrogen-bond acceptors (Lipinski definition) is 4. The average Bonchev–Trinajstić information content (AvgIpc) is 3.11. The zero-order valence-electron chi connectivity index (χ0n) is 17.7. The number of fused-ring (bicyclic) bond motifs is 1. The molecule has 0 aliphatic carbocycles. The number of aromatic hydroxyl groups is 1. The SMILES string of the molecule is CCCCNCc1ccc(N=C(c2ccccc2)c2c(O)[nH]c3ccc(N)cc23)cc1. The topological polar surface area (TPSA) is 86.4 Å². The van der Waals surface area contributed by atoms with Crippen LogP contribution in [0.3, 0.4) is 0 Å². The molecule has 0 unspecified atom stereocenters. The molecule has 0 aliphatic heterocycles. The fraction of sp³-hybridized carbons (Fsp3) is 0.192. The Morgan fingerprint density at radius 2 is 1.81 bits per heavy atom. The first-order chi connectivity index (χ1) is 15.2. The van der Waals surface area contributed by atoms with Gasteiger partial charge in [-0.2, -0.15) is 0 Å². The molecule has 0 saturated heterocycles. The van der Waals surface area contributed by atoms with Crippen molar-refractivity contribution in [3.8, 4) is 5.88 Å². The van der Waals surface area contributed by atoms with Gasteiger partial charge in [0.1, 0.15) is 0 Å². The van der Waals surface area contributed by atoms with Crippen molar-refractivity contribution in [2.75, 3.05) is 12.3 Å². The van der Waals surface area contributed by atoms with Gasteiger partial charge in [0, 0.05) is 28.7 Å². The van der Waals surface area contributed by atoms with Crippen molar-refractivity contribution < 1.29 is 5.11 Å². The van der Waals surface area contributed by atoms with Crippen molar-refractivity contribution in [1.82, 2.24) is 10.3 Å². The summed E-state index contributed by atoms with van der Waals surface area (Å²) >= 11 is 0. The maximum Gasteiger partial charge on any atom is 0.199 e. The van der Waals surface area contributed by atoms with Gasteiger partial charge in [0.25, 0.3) is 0 Å². The molecule has 1 heterocycles. The molecule has 1 aromatic heterocycles. The molecule has 0 atom stereocenters. The summed E-state index contributed by atoms with van der Waals surface area (Å²) in [7, 11) is 0. The minimum atomic E-state index is 0.0833. The number of aliphatic imine (C=N–C) groups is 1. The van der Waals surface area contributed by atoms with Crippen LogP contribution in [-0.4, -0.2) is 22.3 Å². The molecule has 0 amide bonds. The van der Waals surface area contributed by atoms with E-state index >= 15 is 0 Å². The van der Waals surface area contributed by atoms with Crippen LogP contribution in [-0.2, 0) is 6.54 Å². The third kappa shape index (κ3) is 4.78. The van der Waals surface area contributed by atoms with Gasteiger partial charge in [-0.1, -0.05) is 55.8 Å². The van der Waals surface area contributed by atoms with Crippen LogP contribution in [0.15, 0.2) is 77.8 Å². The van der Waals surface area contributed by atoms with Gasteiger partial charge in [-0.25, -0.2) is 4.99 Å². The molecule has 0 saturated carbocycles. The molecule has 5 N–H and O–H groups in total. The summed E-state index contributed by atoms with van der Waals surface area (Å²) in [6.45, 7) is 4.06. The normalized spacial score (nSPS) is 11.8. The summed E-state index contributed by atoms with van der Waals surface area (Å²) in [5, 5.41) is 15.0. The fourth-order valence-electron chi connectivity index (χ4n) is 3.65. The third-order valence-corrected chi connectivity index (χ3v) is 5.30. The largest absolute Gasteiger partial charge is 0.494 e. The minimum Gasteiger partial charge on any atom is -0.494 e. The standard InChI is InChI=1S/C26H28N4O/c1-2-3-15-28-17-18-9-12-21(13-10-18)29-25(19-7-5-4-6-8-19)24-22-16-20(27)11-14-23(22)30-26(24)31/h4-14,16,28,30-31H,2-3,15,17,27H2,1H3. The van der Waals surface area contributed by atoms with E-state index in [9.17, 15) is 5.11 Å². The van der Waals surface area contributed by atoms with Crippen LogP contribution in [0.1, 0.15) is 36.5 Å². The summed E-state index contributed by atoms with van der Waals surface area (Å²) < 4.78 is 0. The summed E-state index contributed by atoms with van der Waals surface area (Å²) in [4.78, 5) is 7.98. The zero-order valence-corrected chi connectivity index (χ0v) is 17.7. The molecule has 31 heavy (non-hydrogen) atoms. The highest BCUT2D eigenvalue weighted by molar-refractivity contribution is 6.22. The molecular formula is C26H28N4O. The van der Waals surface area contributed by atoms with E-state index in [2.05, 4.69) is 29.4 Å². The van der Waals surface area contributed by atoms with E-state index < -0.39 is 0 Å². The zero-order chi connectivity index (χ0) is 21.6. The highest BCUT2D eigenvalue weighted by Gasteiger charge is 2.18. The number of aromatic nitrogens is 1. The first kappa shape index (κ1) is 20.7. The third-order valence-electron chi connectivity index (χ3n) is 5.30. The number of nitrogen functional groups attached to an aromatic ring is 1. The number of nitrogens with two attached hydrogens (primary N) is 1. The van der Waals surface area contributed by atoms with E-state index in [1.165, 1.54) is 18.4 Å². The highest BCUT2D eigenvalue weighted by atomic mass is 16.3. The fourth-order valence-corrected chi connectivity index (χ4v) is 3.65. The summed E-state index contributed by atoms with van der Waals surface area (Å²) in [6.07, 6.45) is 2.37. The Hall–Kier alpha value is -3.57. The predicted molar refractivity (Wildman–Crippen MR) is 129 cm³/mol. The van der Waals surface area contributed by atoms with E-state index in [1.807, 2.05) is 60.7 Å². The van der Waals surface area contributed by atoms with Gasteiger partial charge in [0.15, 0.2) is 5.88 Å². The van der Waals surface area contributed by atoms with E-state index in [0.717, 1.165) is 35.2 Å². The quantitative estimate of drug-likeness (QED) is 0.175. The Balaban J connectivity index is 1.73. The van der Waals surface area contributed by atoms with Crippen molar-refractivity contribution in [2.24, 2.45) is 4.99 Å². The Kier molecular flexibility index (Phi) is 6.34. The molecule has 0 fully saturated rings.